The van der Waals surface area contributed by atoms with Gasteiger partial charge in [-0.3, -0.25) is 4.90 Å². The lowest BCUT2D eigenvalue weighted by atomic mass is 10.0. The highest BCUT2D eigenvalue weighted by Crippen LogP contribution is 2.29. The molecule has 2 fully saturated rings. The van der Waals surface area contributed by atoms with Gasteiger partial charge in [0.05, 0.1) is 18.9 Å². The summed E-state index contributed by atoms with van der Waals surface area (Å²) in [6, 6.07) is 2.46. The normalized spacial score (nSPS) is 21.4. The molecule has 0 amide bonds. The molecule has 3 aliphatic heterocycles. The number of rotatable bonds is 3. The number of ether oxygens (including phenoxy) is 1. The Morgan fingerprint density at radius 1 is 0.923 bits per heavy atom. The van der Waals surface area contributed by atoms with Gasteiger partial charge in [0.1, 0.15) is 12.1 Å². The summed E-state index contributed by atoms with van der Waals surface area (Å²) in [5.41, 5.74) is 2.34. The number of hydrogen-bond donors (Lipinski definition) is 0. The van der Waals surface area contributed by atoms with E-state index in [0.29, 0.717) is 12.6 Å². The van der Waals surface area contributed by atoms with Crippen LogP contribution in [-0.4, -0.2) is 76.8 Å². The molecule has 136 valence electrons. The molecule has 0 spiro atoms. The Bertz CT molecular complexity index is 757. The van der Waals surface area contributed by atoms with E-state index in [1.807, 2.05) is 18.5 Å². The molecule has 2 aromatic rings. The van der Waals surface area contributed by atoms with Crippen molar-refractivity contribution in [3.63, 3.8) is 0 Å². The van der Waals surface area contributed by atoms with Crippen LogP contribution in [-0.2, 0) is 17.8 Å². The first kappa shape index (κ1) is 15.9. The van der Waals surface area contributed by atoms with Gasteiger partial charge in [-0.15, -0.1) is 0 Å². The Kier molecular flexibility index (Phi) is 4.14. The van der Waals surface area contributed by atoms with Crippen LogP contribution >= 0.6 is 0 Å². The summed E-state index contributed by atoms with van der Waals surface area (Å²) in [5.74, 6) is 1.91. The molecule has 2 aromatic heterocycles. The molecule has 0 aromatic carbocycles. The topological polar surface area (TPSA) is 70.5 Å². The van der Waals surface area contributed by atoms with Gasteiger partial charge in [0.2, 0.25) is 5.95 Å². The maximum atomic E-state index is 5.62. The smallest absolute Gasteiger partial charge is 0.225 e. The zero-order valence-corrected chi connectivity index (χ0v) is 14.8. The second kappa shape index (κ2) is 6.77. The maximum Gasteiger partial charge on any atom is 0.225 e. The predicted molar refractivity (Wildman–Crippen MR) is 97.2 cm³/mol. The van der Waals surface area contributed by atoms with Crippen molar-refractivity contribution in [3.05, 3.63) is 36.0 Å². The van der Waals surface area contributed by atoms with Gasteiger partial charge in [-0.05, 0) is 6.07 Å². The zero-order chi connectivity index (χ0) is 17.3. The lowest BCUT2D eigenvalue weighted by Crippen LogP contribution is -2.63. The Morgan fingerprint density at radius 3 is 2.54 bits per heavy atom. The van der Waals surface area contributed by atoms with Gasteiger partial charge in [-0.2, -0.15) is 0 Å². The summed E-state index contributed by atoms with van der Waals surface area (Å²) in [5, 5.41) is 0. The van der Waals surface area contributed by atoms with Crippen LogP contribution in [0.15, 0.2) is 24.8 Å². The average molecular weight is 353 g/mol. The Morgan fingerprint density at radius 2 is 1.73 bits per heavy atom. The molecule has 8 nitrogen and oxygen atoms in total. The van der Waals surface area contributed by atoms with Gasteiger partial charge in [-0.1, -0.05) is 0 Å². The third kappa shape index (κ3) is 2.89. The second-order valence-electron chi connectivity index (χ2n) is 7.06. The van der Waals surface area contributed by atoms with E-state index in [0.717, 1.165) is 69.8 Å². The minimum absolute atomic E-state index is 0.601. The lowest BCUT2D eigenvalue weighted by Gasteiger charge is -2.49. The standard InChI is InChI=1S/C18H23N7O/c1-3-19-18(20-4-1)24-7-5-23(6-8-24)14-10-25(11-14)17-15-12-26-9-2-16(15)21-13-22-17/h1,3-4,13-14H,2,5-12H2. The molecule has 0 atom stereocenters. The SMILES string of the molecule is c1cnc(N2CCN(C3CN(c4ncnc5c4COCC5)C3)CC2)nc1. The molecule has 0 N–H and O–H groups in total. The van der Waals surface area contributed by atoms with Gasteiger partial charge in [0.15, 0.2) is 0 Å². The molecule has 0 radical (unpaired) electrons. The fourth-order valence-corrected chi connectivity index (χ4v) is 4.02. The summed E-state index contributed by atoms with van der Waals surface area (Å²) < 4.78 is 5.62. The van der Waals surface area contributed by atoms with Crippen molar-refractivity contribution in [2.24, 2.45) is 0 Å². The first-order valence-corrected chi connectivity index (χ1v) is 9.30. The maximum absolute atomic E-state index is 5.62. The number of anilines is 2. The van der Waals surface area contributed by atoms with E-state index >= 15 is 0 Å². The molecule has 5 rings (SSSR count). The Balaban J connectivity index is 1.18. The fourth-order valence-electron chi connectivity index (χ4n) is 4.02. The Labute approximate surface area is 152 Å². The average Bonchev–Trinajstić information content (AvgIpc) is 2.68. The molecule has 3 aliphatic rings. The largest absolute Gasteiger partial charge is 0.376 e. The van der Waals surface area contributed by atoms with Crippen LogP contribution in [0.3, 0.4) is 0 Å². The van der Waals surface area contributed by atoms with Crippen LogP contribution in [0.1, 0.15) is 11.3 Å². The number of nitrogens with zero attached hydrogens (tertiary/aromatic N) is 7. The van der Waals surface area contributed by atoms with Crippen LogP contribution in [0.25, 0.3) is 0 Å². The molecular weight excluding hydrogens is 330 g/mol. The van der Waals surface area contributed by atoms with E-state index in [-0.39, 0.29) is 0 Å². The van der Waals surface area contributed by atoms with Crippen molar-refractivity contribution in [3.8, 4) is 0 Å². The van der Waals surface area contributed by atoms with E-state index in [4.69, 9.17) is 4.74 Å². The molecule has 0 saturated carbocycles. The molecule has 0 bridgehead atoms. The van der Waals surface area contributed by atoms with Gasteiger partial charge in [0, 0.05) is 69.7 Å². The lowest BCUT2D eigenvalue weighted by molar-refractivity contribution is 0.108. The highest BCUT2D eigenvalue weighted by Gasteiger charge is 2.36. The minimum Gasteiger partial charge on any atom is -0.376 e. The van der Waals surface area contributed by atoms with Crippen molar-refractivity contribution in [1.29, 1.82) is 0 Å². The fraction of sp³-hybridized carbons (Fsp3) is 0.556. The van der Waals surface area contributed by atoms with Crippen molar-refractivity contribution < 1.29 is 4.74 Å². The van der Waals surface area contributed by atoms with Crippen LogP contribution in [0, 0.1) is 0 Å². The van der Waals surface area contributed by atoms with Gasteiger partial charge < -0.3 is 14.5 Å². The third-order valence-electron chi connectivity index (χ3n) is 5.57. The van der Waals surface area contributed by atoms with Crippen molar-refractivity contribution in [2.75, 3.05) is 55.7 Å². The summed E-state index contributed by atoms with van der Waals surface area (Å²) in [7, 11) is 0. The first-order chi connectivity index (χ1) is 12.9. The van der Waals surface area contributed by atoms with Crippen LogP contribution < -0.4 is 9.80 Å². The highest BCUT2D eigenvalue weighted by atomic mass is 16.5. The quantitative estimate of drug-likeness (QED) is 0.783. The number of piperazine rings is 1. The molecule has 8 heteroatoms. The van der Waals surface area contributed by atoms with Crippen LogP contribution in [0.5, 0.6) is 0 Å². The summed E-state index contributed by atoms with van der Waals surface area (Å²) >= 11 is 0. The van der Waals surface area contributed by atoms with E-state index < -0.39 is 0 Å². The van der Waals surface area contributed by atoms with Crippen molar-refractivity contribution in [2.45, 2.75) is 19.1 Å². The van der Waals surface area contributed by atoms with Crippen LogP contribution in [0.4, 0.5) is 11.8 Å². The molecule has 0 unspecified atom stereocenters. The summed E-state index contributed by atoms with van der Waals surface area (Å²) in [6.07, 6.45) is 6.21. The van der Waals surface area contributed by atoms with Crippen molar-refractivity contribution in [1.82, 2.24) is 24.8 Å². The molecule has 26 heavy (non-hydrogen) atoms. The van der Waals surface area contributed by atoms with Crippen LogP contribution in [0.2, 0.25) is 0 Å². The van der Waals surface area contributed by atoms with Gasteiger partial charge >= 0.3 is 0 Å². The minimum atomic E-state index is 0.601. The molecule has 2 saturated heterocycles. The van der Waals surface area contributed by atoms with E-state index in [1.165, 1.54) is 5.56 Å². The zero-order valence-electron chi connectivity index (χ0n) is 14.8. The highest BCUT2D eigenvalue weighted by molar-refractivity contribution is 5.51. The number of hydrogen-bond acceptors (Lipinski definition) is 8. The second-order valence-corrected chi connectivity index (χ2v) is 7.06. The van der Waals surface area contributed by atoms with Gasteiger partial charge in [-0.25, -0.2) is 19.9 Å². The van der Waals surface area contributed by atoms with E-state index in [9.17, 15) is 0 Å². The predicted octanol–water partition coefficient (Wildman–Crippen LogP) is 0.350. The number of aromatic nitrogens is 4. The monoisotopic (exact) mass is 353 g/mol. The summed E-state index contributed by atoms with van der Waals surface area (Å²) in [4.78, 5) is 24.9. The Hall–Kier alpha value is -2.32. The number of fused-ring (bicyclic) bond motifs is 1. The van der Waals surface area contributed by atoms with E-state index in [2.05, 4.69) is 34.6 Å². The third-order valence-corrected chi connectivity index (χ3v) is 5.57. The molecule has 5 heterocycles. The summed E-state index contributed by atoms with van der Waals surface area (Å²) in [6.45, 7) is 7.55. The first-order valence-electron chi connectivity index (χ1n) is 9.30. The van der Waals surface area contributed by atoms with Gasteiger partial charge in [0.25, 0.3) is 0 Å². The molecular formula is C18H23N7O. The van der Waals surface area contributed by atoms with E-state index in [1.54, 1.807) is 6.33 Å². The molecule has 0 aliphatic carbocycles. The van der Waals surface area contributed by atoms with Crippen molar-refractivity contribution >= 4 is 11.8 Å².